The molecule has 2 nitrogen and oxygen atoms in total. The predicted octanol–water partition coefficient (Wildman–Crippen LogP) is 2.20. The van der Waals surface area contributed by atoms with Crippen molar-refractivity contribution < 1.29 is 0 Å². The lowest BCUT2D eigenvalue weighted by molar-refractivity contribution is 0.0348. The van der Waals surface area contributed by atoms with Gasteiger partial charge in [0.05, 0.1) is 0 Å². The van der Waals surface area contributed by atoms with Crippen molar-refractivity contribution in [1.82, 2.24) is 9.80 Å². The highest BCUT2D eigenvalue weighted by Gasteiger charge is 2.27. The van der Waals surface area contributed by atoms with E-state index in [9.17, 15) is 0 Å². The van der Waals surface area contributed by atoms with Crippen molar-refractivity contribution >= 4 is 0 Å². The van der Waals surface area contributed by atoms with E-state index in [0.717, 1.165) is 6.04 Å². The summed E-state index contributed by atoms with van der Waals surface area (Å²) in [6.07, 6.45) is 1.28. The quantitative estimate of drug-likeness (QED) is 0.686. The van der Waals surface area contributed by atoms with Crippen LogP contribution in [0.2, 0.25) is 0 Å². The van der Waals surface area contributed by atoms with Gasteiger partial charge in [-0.15, -0.1) is 0 Å². The van der Waals surface area contributed by atoms with Crippen molar-refractivity contribution in [3.63, 3.8) is 0 Å². The summed E-state index contributed by atoms with van der Waals surface area (Å²) in [4.78, 5) is 5.26. The lowest BCUT2D eigenvalue weighted by atomic mass is 10.1. The highest BCUT2D eigenvalue weighted by Crippen LogP contribution is 2.17. The molecule has 1 aliphatic heterocycles. The van der Waals surface area contributed by atoms with Gasteiger partial charge in [-0.25, -0.2) is 0 Å². The minimum absolute atomic E-state index is 0.703. The number of rotatable bonds is 3. The Labute approximate surface area is 89.3 Å². The Balaban J connectivity index is 2.54. The van der Waals surface area contributed by atoms with Gasteiger partial charge in [0.2, 0.25) is 0 Å². The van der Waals surface area contributed by atoms with Crippen LogP contribution in [0.15, 0.2) is 0 Å². The van der Waals surface area contributed by atoms with E-state index in [4.69, 9.17) is 0 Å². The van der Waals surface area contributed by atoms with Crippen LogP contribution in [0.25, 0.3) is 0 Å². The minimum atomic E-state index is 0.703. The Morgan fingerprint density at radius 2 is 1.71 bits per heavy atom. The molecule has 14 heavy (non-hydrogen) atoms. The first-order valence-electron chi connectivity index (χ1n) is 6.06. The van der Waals surface area contributed by atoms with Gasteiger partial charge >= 0.3 is 0 Å². The molecule has 1 aliphatic rings. The van der Waals surface area contributed by atoms with Gasteiger partial charge in [-0.2, -0.15) is 0 Å². The smallest absolute Gasteiger partial charge is 0.0223 e. The Bertz CT molecular complexity index is 166. The molecule has 0 saturated carbocycles. The van der Waals surface area contributed by atoms with E-state index in [-0.39, 0.29) is 0 Å². The van der Waals surface area contributed by atoms with E-state index >= 15 is 0 Å². The van der Waals surface area contributed by atoms with E-state index in [1.165, 1.54) is 26.1 Å². The van der Waals surface area contributed by atoms with Gasteiger partial charge in [0.25, 0.3) is 0 Å². The highest BCUT2D eigenvalue weighted by molar-refractivity contribution is 4.84. The fourth-order valence-corrected chi connectivity index (χ4v) is 2.41. The SMILES string of the molecule is CC[C@@H]1CN(C(C)C)CCN1C(C)C. The van der Waals surface area contributed by atoms with Gasteiger partial charge in [0.1, 0.15) is 0 Å². The Morgan fingerprint density at radius 3 is 2.14 bits per heavy atom. The van der Waals surface area contributed by atoms with Crippen LogP contribution in [0.5, 0.6) is 0 Å². The second-order valence-corrected chi connectivity index (χ2v) is 4.98. The van der Waals surface area contributed by atoms with Crippen molar-refractivity contribution in [2.75, 3.05) is 19.6 Å². The molecule has 1 atom stereocenters. The zero-order chi connectivity index (χ0) is 10.7. The van der Waals surface area contributed by atoms with Gasteiger partial charge < -0.3 is 0 Å². The van der Waals surface area contributed by atoms with Gasteiger partial charge in [0.15, 0.2) is 0 Å². The van der Waals surface area contributed by atoms with E-state index in [1.54, 1.807) is 0 Å². The molecule has 0 N–H and O–H groups in total. The highest BCUT2D eigenvalue weighted by atomic mass is 15.3. The first kappa shape index (κ1) is 12.0. The summed E-state index contributed by atoms with van der Waals surface area (Å²) >= 11 is 0. The second kappa shape index (κ2) is 5.13. The monoisotopic (exact) mass is 198 g/mol. The van der Waals surface area contributed by atoms with Gasteiger partial charge in [-0.3, -0.25) is 9.80 Å². The predicted molar refractivity (Wildman–Crippen MR) is 62.6 cm³/mol. The maximum Gasteiger partial charge on any atom is 0.0223 e. The van der Waals surface area contributed by atoms with Crippen molar-refractivity contribution in [2.45, 2.75) is 59.2 Å². The van der Waals surface area contributed by atoms with E-state index in [0.29, 0.717) is 12.1 Å². The largest absolute Gasteiger partial charge is 0.298 e. The molecule has 1 saturated heterocycles. The van der Waals surface area contributed by atoms with Crippen LogP contribution in [0, 0.1) is 0 Å². The zero-order valence-electron chi connectivity index (χ0n) is 10.5. The standard InChI is InChI=1S/C12H26N2/c1-6-12-9-13(10(2)3)7-8-14(12)11(4)5/h10-12H,6-9H2,1-5H3/t12-/m1/s1. The molecule has 2 heteroatoms. The van der Waals surface area contributed by atoms with Gasteiger partial charge in [-0.05, 0) is 34.1 Å². The molecule has 0 aliphatic carbocycles. The Morgan fingerprint density at radius 1 is 1.07 bits per heavy atom. The lowest BCUT2D eigenvalue weighted by Gasteiger charge is -2.44. The third-order valence-corrected chi connectivity index (χ3v) is 3.42. The topological polar surface area (TPSA) is 6.48 Å². The van der Waals surface area contributed by atoms with Gasteiger partial charge in [-0.1, -0.05) is 6.92 Å². The van der Waals surface area contributed by atoms with Crippen LogP contribution < -0.4 is 0 Å². The van der Waals surface area contributed by atoms with E-state index < -0.39 is 0 Å². The van der Waals surface area contributed by atoms with Crippen molar-refractivity contribution in [3.05, 3.63) is 0 Å². The molecule has 1 fully saturated rings. The van der Waals surface area contributed by atoms with Crippen LogP contribution in [0.3, 0.4) is 0 Å². The van der Waals surface area contributed by atoms with E-state index in [2.05, 4.69) is 44.4 Å². The third-order valence-electron chi connectivity index (χ3n) is 3.42. The molecule has 0 bridgehead atoms. The molecule has 84 valence electrons. The summed E-state index contributed by atoms with van der Waals surface area (Å²) in [7, 11) is 0. The molecule has 1 rings (SSSR count). The second-order valence-electron chi connectivity index (χ2n) is 4.98. The van der Waals surface area contributed by atoms with Crippen LogP contribution >= 0.6 is 0 Å². The van der Waals surface area contributed by atoms with Gasteiger partial charge in [0, 0.05) is 37.8 Å². The summed E-state index contributed by atoms with van der Waals surface area (Å²) in [6, 6.07) is 2.18. The number of hydrogen-bond acceptors (Lipinski definition) is 2. The first-order chi connectivity index (χ1) is 6.56. The maximum atomic E-state index is 2.65. The van der Waals surface area contributed by atoms with Crippen LogP contribution in [-0.4, -0.2) is 47.6 Å². The molecule has 0 spiro atoms. The molecule has 0 aromatic rings. The third kappa shape index (κ3) is 2.71. The number of nitrogens with zero attached hydrogens (tertiary/aromatic N) is 2. The Hall–Kier alpha value is -0.0800. The molecular weight excluding hydrogens is 172 g/mol. The number of hydrogen-bond donors (Lipinski definition) is 0. The van der Waals surface area contributed by atoms with Crippen LogP contribution in [-0.2, 0) is 0 Å². The summed E-state index contributed by atoms with van der Waals surface area (Å²) in [5.74, 6) is 0. The molecular formula is C12H26N2. The Kier molecular flexibility index (Phi) is 4.39. The molecule has 0 aromatic carbocycles. The molecule has 0 radical (unpaired) electrons. The van der Waals surface area contributed by atoms with Crippen molar-refractivity contribution in [3.8, 4) is 0 Å². The molecule has 0 unspecified atom stereocenters. The summed E-state index contributed by atoms with van der Waals surface area (Å²) < 4.78 is 0. The molecule has 1 heterocycles. The van der Waals surface area contributed by atoms with Crippen LogP contribution in [0.1, 0.15) is 41.0 Å². The molecule has 0 amide bonds. The number of piperazine rings is 1. The fraction of sp³-hybridized carbons (Fsp3) is 1.00. The van der Waals surface area contributed by atoms with Crippen molar-refractivity contribution in [2.24, 2.45) is 0 Å². The summed E-state index contributed by atoms with van der Waals surface area (Å²) in [5, 5.41) is 0. The maximum absolute atomic E-state index is 2.65. The average molecular weight is 198 g/mol. The normalized spacial score (nSPS) is 26.4. The summed E-state index contributed by atoms with van der Waals surface area (Å²) in [6.45, 7) is 15.3. The lowest BCUT2D eigenvalue weighted by Crippen LogP contribution is -2.56. The average Bonchev–Trinajstić information content (AvgIpc) is 2.16. The van der Waals surface area contributed by atoms with Crippen molar-refractivity contribution in [1.29, 1.82) is 0 Å². The fourth-order valence-electron chi connectivity index (χ4n) is 2.41. The zero-order valence-corrected chi connectivity index (χ0v) is 10.5. The minimum Gasteiger partial charge on any atom is -0.298 e. The molecule has 0 aromatic heterocycles. The summed E-state index contributed by atoms with van der Waals surface area (Å²) in [5.41, 5.74) is 0. The first-order valence-corrected chi connectivity index (χ1v) is 6.06. The van der Waals surface area contributed by atoms with E-state index in [1.807, 2.05) is 0 Å². The van der Waals surface area contributed by atoms with Crippen LogP contribution in [0.4, 0.5) is 0 Å².